The molecule has 0 N–H and O–H groups in total. The summed E-state index contributed by atoms with van der Waals surface area (Å²) in [5, 5.41) is 8.90. The number of nitriles is 1. The summed E-state index contributed by atoms with van der Waals surface area (Å²) >= 11 is 1.65. The van der Waals surface area contributed by atoms with Crippen molar-refractivity contribution in [2.75, 3.05) is 12.3 Å². The molecular formula is C21H24N2OS. The number of aryl methyl sites for hydroxylation is 1. The zero-order chi connectivity index (χ0) is 18.2. The molecule has 3 nitrogen and oxygen atoms in total. The maximum atomic E-state index is 12.6. The highest BCUT2D eigenvalue weighted by Gasteiger charge is 2.19. The van der Waals surface area contributed by atoms with Gasteiger partial charge < -0.3 is 4.90 Å². The summed E-state index contributed by atoms with van der Waals surface area (Å²) in [7, 11) is 0. The lowest BCUT2D eigenvalue weighted by atomic mass is 10.1. The second-order valence-corrected chi connectivity index (χ2v) is 7.05. The number of carbonyl (C=O) groups excluding carboxylic acids is 1. The lowest BCUT2D eigenvalue weighted by molar-refractivity contribution is -0.130. The van der Waals surface area contributed by atoms with Crippen molar-refractivity contribution >= 4 is 17.7 Å². The van der Waals surface area contributed by atoms with Crippen molar-refractivity contribution in [2.24, 2.45) is 0 Å². The third kappa shape index (κ3) is 5.37. The minimum Gasteiger partial charge on any atom is -0.336 e. The van der Waals surface area contributed by atoms with E-state index in [0.29, 0.717) is 17.9 Å². The van der Waals surface area contributed by atoms with Gasteiger partial charge in [-0.1, -0.05) is 42.0 Å². The van der Waals surface area contributed by atoms with E-state index >= 15 is 0 Å². The molecule has 0 spiro atoms. The predicted molar refractivity (Wildman–Crippen MR) is 104 cm³/mol. The molecule has 25 heavy (non-hydrogen) atoms. The average Bonchev–Trinajstić information content (AvgIpc) is 2.64. The van der Waals surface area contributed by atoms with E-state index in [1.165, 1.54) is 11.1 Å². The maximum Gasteiger partial charge on any atom is 0.233 e. The van der Waals surface area contributed by atoms with Gasteiger partial charge in [-0.15, -0.1) is 11.8 Å². The van der Waals surface area contributed by atoms with E-state index in [1.807, 2.05) is 30.9 Å². The molecule has 4 heteroatoms. The van der Waals surface area contributed by atoms with Crippen LogP contribution in [0.4, 0.5) is 0 Å². The molecule has 130 valence electrons. The van der Waals surface area contributed by atoms with Gasteiger partial charge in [-0.05, 0) is 44.0 Å². The molecule has 1 amide bonds. The molecule has 0 aliphatic rings. The molecule has 0 radical (unpaired) electrons. The van der Waals surface area contributed by atoms with Crippen LogP contribution in [-0.2, 0) is 10.5 Å². The SMILES string of the molecule is CCN(C(=O)CSCc1ccc(C)cc1)C(C)c1ccc(C#N)cc1. The van der Waals surface area contributed by atoms with Crippen molar-refractivity contribution in [1.29, 1.82) is 5.26 Å². The first-order chi connectivity index (χ1) is 12.0. The molecule has 2 rings (SSSR count). The normalized spacial score (nSPS) is 11.6. The molecule has 0 saturated carbocycles. The molecule has 2 aromatic carbocycles. The number of carbonyl (C=O) groups is 1. The zero-order valence-electron chi connectivity index (χ0n) is 15.0. The van der Waals surface area contributed by atoms with E-state index in [2.05, 4.69) is 37.3 Å². The molecule has 1 atom stereocenters. The third-order valence-electron chi connectivity index (χ3n) is 4.27. The van der Waals surface area contributed by atoms with Crippen LogP contribution < -0.4 is 0 Å². The van der Waals surface area contributed by atoms with Gasteiger partial charge in [0.1, 0.15) is 0 Å². The first kappa shape index (κ1) is 19.1. The largest absolute Gasteiger partial charge is 0.336 e. The Morgan fingerprint density at radius 2 is 1.80 bits per heavy atom. The smallest absolute Gasteiger partial charge is 0.233 e. The van der Waals surface area contributed by atoms with Gasteiger partial charge in [0.25, 0.3) is 0 Å². The van der Waals surface area contributed by atoms with E-state index < -0.39 is 0 Å². The van der Waals surface area contributed by atoms with Crippen LogP contribution in [0.15, 0.2) is 48.5 Å². The Labute approximate surface area is 154 Å². The number of rotatable bonds is 7. The number of nitrogens with zero attached hydrogens (tertiary/aromatic N) is 2. The zero-order valence-corrected chi connectivity index (χ0v) is 15.8. The summed E-state index contributed by atoms with van der Waals surface area (Å²) in [5.41, 5.74) is 4.18. The molecule has 0 bridgehead atoms. The van der Waals surface area contributed by atoms with E-state index in [9.17, 15) is 4.79 Å². The van der Waals surface area contributed by atoms with Gasteiger partial charge in [0.15, 0.2) is 0 Å². The lowest BCUT2D eigenvalue weighted by Gasteiger charge is -2.28. The summed E-state index contributed by atoms with van der Waals surface area (Å²) in [6.07, 6.45) is 0. The molecule has 0 aliphatic carbocycles. The Hall–Kier alpha value is -2.25. The standard InChI is InChI=1S/C21H24N2OS/c1-4-23(17(3)20-11-9-18(13-22)10-12-20)21(24)15-25-14-19-7-5-16(2)6-8-19/h5-12,17H,4,14-15H2,1-3H3. The molecule has 0 saturated heterocycles. The van der Waals surface area contributed by atoms with Gasteiger partial charge >= 0.3 is 0 Å². The van der Waals surface area contributed by atoms with Crippen LogP contribution in [0.25, 0.3) is 0 Å². The molecular weight excluding hydrogens is 328 g/mol. The first-order valence-electron chi connectivity index (χ1n) is 8.48. The highest BCUT2D eigenvalue weighted by atomic mass is 32.2. The van der Waals surface area contributed by atoms with Crippen LogP contribution in [0.1, 0.15) is 42.1 Å². The minimum absolute atomic E-state index is 0.00483. The first-order valence-corrected chi connectivity index (χ1v) is 9.63. The summed E-state index contributed by atoms with van der Waals surface area (Å²) in [6, 6.07) is 18.0. The summed E-state index contributed by atoms with van der Waals surface area (Å²) in [4.78, 5) is 14.5. The van der Waals surface area contributed by atoms with Crippen LogP contribution in [0.3, 0.4) is 0 Å². The number of hydrogen-bond donors (Lipinski definition) is 0. The van der Waals surface area contributed by atoms with E-state index in [4.69, 9.17) is 5.26 Å². The van der Waals surface area contributed by atoms with Crippen LogP contribution in [0.2, 0.25) is 0 Å². The van der Waals surface area contributed by atoms with Crippen molar-refractivity contribution < 1.29 is 4.79 Å². The van der Waals surface area contributed by atoms with Gasteiger partial charge in [-0.25, -0.2) is 0 Å². The molecule has 0 aromatic heterocycles. The quantitative estimate of drug-likeness (QED) is 0.725. The van der Waals surface area contributed by atoms with Gasteiger partial charge in [0.2, 0.25) is 5.91 Å². The third-order valence-corrected chi connectivity index (χ3v) is 5.25. The lowest BCUT2D eigenvalue weighted by Crippen LogP contribution is -2.34. The average molecular weight is 353 g/mol. The molecule has 0 fully saturated rings. The topological polar surface area (TPSA) is 44.1 Å². The van der Waals surface area contributed by atoms with Crippen molar-refractivity contribution in [3.8, 4) is 6.07 Å². The van der Waals surface area contributed by atoms with E-state index in [1.54, 1.807) is 23.9 Å². The summed E-state index contributed by atoms with van der Waals surface area (Å²) < 4.78 is 0. The Morgan fingerprint density at radius 3 is 2.36 bits per heavy atom. The Morgan fingerprint density at radius 1 is 1.16 bits per heavy atom. The minimum atomic E-state index is 0.00483. The fourth-order valence-electron chi connectivity index (χ4n) is 2.71. The molecule has 0 heterocycles. The summed E-state index contributed by atoms with van der Waals surface area (Å²) in [5.74, 6) is 1.47. The van der Waals surface area contributed by atoms with Gasteiger partial charge in [-0.2, -0.15) is 5.26 Å². The molecule has 0 aliphatic heterocycles. The Bertz CT molecular complexity index is 732. The van der Waals surface area contributed by atoms with Crippen LogP contribution in [0.5, 0.6) is 0 Å². The van der Waals surface area contributed by atoms with E-state index in [-0.39, 0.29) is 11.9 Å². The van der Waals surface area contributed by atoms with Crippen molar-refractivity contribution in [3.63, 3.8) is 0 Å². The highest BCUT2D eigenvalue weighted by molar-refractivity contribution is 7.99. The van der Waals surface area contributed by atoms with Crippen molar-refractivity contribution in [3.05, 3.63) is 70.8 Å². The molecule has 2 aromatic rings. The van der Waals surface area contributed by atoms with Crippen LogP contribution >= 0.6 is 11.8 Å². The molecule has 1 unspecified atom stereocenters. The van der Waals surface area contributed by atoms with Gasteiger partial charge in [0, 0.05) is 12.3 Å². The van der Waals surface area contributed by atoms with Crippen LogP contribution in [0, 0.1) is 18.3 Å². The fraction of sp³-hybridized carbons (Fsp3) is 0.333. The van der Waals surface area contributed by atoms with Crippen molar-refractivity contribution in [1.82, 2.24) is 4.90 Å². The number of thioether (sulfide) groups is 1. The maximum absolute atomic E-state index is 12.6. The summed E-state index contributed by atoms with van der Waals surface area (Å²) in [6.45, 7) is 6.78. The Balaban J connectivity index is 1.92. The fourth-order valence-corrected chi connectivity index (χ4v) is 3.58. The van der Waals surface area contributed by atoms with Crippen LogP contribution in [-0.4, -0.2) is 23.1 Å². The second-order valence-electron chi connectivity index (χ2n) is 6.07. The predicted octanol–water partition coefficient (Wildman–Crippen LogP) is 4.71. The highest BCUT2D eigenvalue weighted by Crippen LogP contribution is 2.22. The number of amides is 1. The van der Waals surface area contributed by atoms with E-state index in [0.717, 1.165) is 11.3 Å². The van der Waals surface area contributed by atoms with Gasteiger partial charge in [-0.3, -0.25) is 4.79 Å². The monoisotopic (exact) mass is 352 g/mol. The number of hydrogen-bond acceptors (Lipinski definition) is 3. The van der Waals surface area contributed by atoms with Crippen molar-refractivity contribution in [2.45, 2.75) is 32.6 Å². The number of benzene rings is 2. The second kappa shape index (κ2) is 9.29. The Kier molecular flexibility index (Phi) is 7.09. The van der Waals surface area contributed by atoms with Gasteiger partial charge in [0.05, 0.1) is 23.4 Å².